The summed E-state index contributed by atoms with van der Waals surface area (Å²) >= 11 is 0. The van der Waals surface area contributed by atoms with Gasteiger partial charge in [0, 0.05) is 39.8 Å². The van der Waals surface area contributed by atoms with Crippen LogP contribution in [0.2, 0.25) is 0 Å². The summed E-state index contributed by atoms with van der Waals surface area (Å²) < 4.78 is 20.1. The zero-order chi connectivity index (χ0) is 22.0. The van der Waals surface area contributed by atoms with Gasteiger partial charge in [-0.05, 0) is 12.5 Å². The maximum absolute atomic E-state index is 14.4. The van der Waals surface area contributed by atoms with Gasteiger partial charge < -0.3 is 20.3 Å². The average molecular weight is 429 g/mol. The molecule has 4 rings (SSSR count). The third-order valence-corrected chi connectivity index (χ3v) is 5.37. The zero-order valence-corrected chi connectivity index (χ0v) is 17.4. The Balaban J connectivity index is 1.36. The molecule has 4 heterocycles. The predicted molar refractivity (Wildman–Crippen MR) is 110 cm³/mol. The first kappa shape index (κ1) is 20.9. The Hall–Kier alpha value is -3.34. The molecule has 0 saturated carbocycles. The molecule has 2 aliphatic rings. The van der Waals surface area contributed by atoms with E-state index < -0.39 is 18.0 Å². The highest BCUT2D eigenvalue weighted by molar-refractivity contribution is 5.97. The van der Waals surface area contributed by atoms with E-state index >= 15 is 0 Å². The van der Waals surface area contributed by atoms with Crippen LogP contribution < -0.4 is 20.3 Å². The van der Waals surface area contributed by atoms with Crippen LogP contribution >= 0.6 is 0 Å². The van der Waals surface area contributed by atoms with Gasteiger partial charge in [0.25, 0.3) is 11.8 Å². The summed E-state index contributed by atoms with van der Waals surface area (Å²) in [5, 5.41) is 5.25. The Morgan fingerprint density at radius 3 is 2.74 bits per heavy atom. The van der Waals surface area contributed by atoms with Crippen molar-refractivity contribution in [3.63, 3.8) is 0 Å². The second-order valence-corrected chi connectivity index (χ2v) is 7.39. The lowest BCUT2D eigenvalue weighted by Gasteiger charge is -2.35. The average Bonchev–Trinajstić information content (AvgIpc) is 2.78. The summed E-state index contributed by atoms with van der Waals surface area (Å²) in [7, 11) is 1.44. The van der Waals surface area contributed by atoms with Crippen LogP contribution in [0.4, 0.5) is 15.8 Å². The van der Waals surface area contributed by atoms with E-state index in [0.29, 0.717) is 50.6 Å². The number of hydrogen-bond acceptors (Lipinski definition) is 8. The number of ether oxygens (including phenoxy) is 1. The molecule has 1 fully saturated rings. The van der Waals surface area contributed by atoms with Crippen LogP contribution in [0, 0.1) is 5.95 Å². The molecule has 2 aliphatic heterocycles. The molecule has 1 saturated heterocycles. The molecule has 0 spiro atoms. The number of anilines is 2. The second-order valence-electron chi connectivity index (χ2n) is 7.39. The van der Waals surface area contributed by atoms with Crippen molar-refractivity contribution in [2.45, 2.75) is 26.0 Å². The van der Waals surface area contributed by atoms with Gasteiger partial charge in [0.05, 0.1) is 23.8 Å². The Morgan fingerprint density at radius 1 is 1.29 bits per heavy atom. The summed E-state index contributed by atoms with van der Waals surface area (Å²) in [5.74, 6) is -0.996. The quantitative estimate of drug-likeness (QED) is 0.672. The fraction of sp³-hybridized carbons (Fsp3) is 0.450. The Kier molecular flexibility index (Phi) is 5.94. The van der Waals surface area contributed by atoms with E-state index in [1.165, 1.54) is 13.2 Å². The third-order valence-electron chi connectivity index (χ3n) is 5.37. The van der Waals surface area contributed by atoms with Crippen LogP contribution in [0.5, 0.6) is 5.75 Å². The van der Waals surface area contributed by atoms with Crippen molar-refractivity contribution >= 4 is 23.2 Å². The van der Waals surface area contributed by atoms with E-state index in [1.807, 2.05) is 17.9 Å². The van der Waals surface area contributed by atoms with Crippen molar-refractivity contribution in [1.29, 1.82) is 0 Å². The van der Waals surface area contributed by atoms with Crippen molar-refractivity contribution < 1.29 is 18.7 Å². The number of nitrogens with zero attached hydrogens (tertiary/aromatic N) is 5. The van der Waals surface area contributed by atoms with Gasteiger partial charge in [0.15, 0.2) is 11.9 Å². The summed E-state index contributed by atoms with van der Waals surface area (Å²) in [6.07, 6.45) is 3.10. The van der Waals surface area contributed by atoms with E-state index in [1.54, 1.807) is 6.20 Å². The molecule has 11 heteroatoms. The summed E-state index contributed by atoms with van der Waals surface area (Å²) in [4.78, 5) is 39.7. The molecule has 2 aromatic heterocycles. The lowest BCUT2D eigenvalue weighted by atomic mass is 10.2. The molecule has 1 atom stereocenters. The molecule has 0 unspecified atom stereocenters. The number of piperazine rings is 1. The number of carbonyl (C=O) groups is 2. The van der Waals surface area contributed by atoms with Crippen molar-refractivity contribution in [2.24, 2.45) is 0 Å². The van der Waals surface area contributed by atoms with Gasteiger partial charge in [-0.3, -0.25) is 19.5 Å². The topological polar surface area (TPSA) is 113 Å². The first-order valence-corrected chi connectivity index (χ1v) is 10.2. The SMILES string of the molecule is CC[C@@H]1Oc2cnc(CN3CCN(c4cnc(C(=O)NC)nc4F)CC3)cc2NC1=O. The second kappa shape index (κ2) is 8.80. The minimum Gasteiger partial charge on any atom is -0.477 e. The lowest BCUT2D eigenvalue weighted by Crippen LogP contribution is -2.46. The minimum absolute atomic E-state index is 0.146. The first-order valence-electron chi connectivity index (χ1n) is 10.2. The third kappa shape index (κ3) is 4.41. The van der Waals surface area contributed by atoms with Gasteiger partial charge in [-0.25, -0.2) is 4.98 Å². The molecule has 164 valence electrons. The van der Waals surface area contributed by atoms with E-state index in [4.69, 9.17) is 4.74 Å². The fourth-order valence-corrected chi connectivity index (χ4v) is 3.62. The number of pyridine rings is 1. The number of halogens is 1. The molecule has 0 radical (unpaired) electrons. The number of aromatic nitrogens is 3. The molecule has 2 aromatic rings. The van der Waals surface area contributed by atoms with Gasteiger partial charge in [-0.1, -0.05) is 6.92 Å². The molecule has 10 nitrogen and oxygen atoms in total. The van der Waals surface area contributed by atoms with E-state index in [2.05, 4.69) is 30.5 Å². The number of fused-ring (bicyclic) bond motifs is 1. The monoisotopic (exact) mass is 429 g/mol. The number of hydrogen-bond donors (Lipinski definition) is 2. The van der Waals surface area contributed by atoms with Crippen LogP contribution in [-0.4, -0.2) is 71.0 Å². The molecule has 2 N–H and O–H groups in total. The highest BCUT2D eigenvalue weighted by atomic mass is 19.1. The number of carbonyl (C=O) groups excluding carboxylic acids is 2. The summed E-state index contributed by atoms with van der Waals surface area (Å²) in [5.41, 5.74) is 1.73. The Labute approximate surface area is 178 Å². The maximum atomic E-state index is 14.4. The van der Waals surface area contributed by atoms with Gasteiger partial charge in [-0.15, -0.1) is 0 Å². The molecule has 31 heavy (non-hydrogen) atoms. The normalized spacial score (nSPS) is 18.7. The van der Waals surface area contributed by atoms with Gasteiger partial charge in [-0.2, -0.15) is 9.37 Å². The number of nitrogens with one attached hydrogen (secondary N) is 2. The van der Waals surface area contributed by atoms with Crippen LogP contribution in [-0.2, 0) is 11.3 Å². The summed E-state index contributed by atoms with van der Waals surface area (Å²) in [6.45, 7) is 5.05. The van der Waals surface area contributed by atoms with Crippen molar-refractivity contribution in [3.8, 4) is 5.75 Å². The Bertz CT molecular complexity index is 995. The summed E-state index contributed by atoms with van der Waals surface area (Å²) in [6, 6.07) is 1.83. The first-order chi connectivity index (χ1) is 15.0. The molecule has 0 aliphatic carbocycles. The van der Waals surface area contributed by atoms with Crippen LogP contribution in [0.1, 0.15) is 29.7 Å². The van der Waals surface area contributed by atoms with E-state index in [-0.39, 0.29) is 17.4 Å². The molecular weight excluding hydrogens is 405 g/mol. The van der Waals surface area contributed by atoms with Gasteiger partial charge in [0.1, 0.15) is 5.69 Å². The zero-order valence-electron chi connectivity index (χ0n) is 17.4. The van der Waals surface area contributed by atoms with Crippen LogP contribution in [0.15, 0.2) is 18.5 Å². The smallest absolute Gasteiger partial charge is 0.288 e. The minimum atomic E-state index is -0.709. The number of rotatable bonds is 5. The van der Waals surface area contributed by atoms with Crippen LogP contribution in [0.25, 0.3) is 0 Å². The molecule has 0 bridgehead atoms. The fourth-order valence-electron chi connectivity index (χ4n) is 3.62. The van der Waals surface area contributed by atoms with Gasteiger partial charge >= 0.3 is 0 Å². The maximum Gasteiger partial charge on any atom is 0.288 e. The van der Waals surface area contributed by atoms with Crippen molar-refractivity contribution in [2.75, 3.05) is 43.4 Å². The van der Waals surface area contributed by atoms with Crippen LogP contribution in [0.3, 0.4) is 0 Å². The largest absolute Gasteiger partial charge is 0.477 e. The molecular formula is C20H24FN7O3. The highest BCUT2D eigenvalue weighted by Gasteiger charge is 2.27. The van der Waals surface area contributed by atoms with Crippen molar-refractivity contribution in [1.82, 2.24) is 25.2 Å². The van der Waals surface area contributed by atoms with E-state index in [0.717, 1.165) is 5.69 Å². The van der Waals surface area contributed by atoms with Gasteiger partial charge in [0.2, 0.25) is 11.8 Å². The predicted octanol–water partition coefficient (Wildman–Crippen LogP) is 0.802. The Morgan fingerprint density at radius 2 is 2.06 bits per heavy atom. The lowest BCUT2D eigenvalue weighted by molar-refractivity contribution is -0.123. The van der Waals surface area contributed by atoms with Crippen molar-refractivity contribution in [3.05, 3.63) is 35.9 Å². The van der Waals surface area contributed by atoms with E-state index in [9.17, 15) is 14.0 Å². The standard InChI is InChI=1S/C20H24FN7O3/c1-3-15-19(29)25-13-8-12(23-10-16(13)31-15)11-27-4-6-28(7-5-27)14-9-24-18(20(30)22-2)26-17(14)21/h8-10,15H,3-7,11H2,1-2H3,(H,22,30)(H,25,29)/t15-/m0/s1. The highest BCUT2D eigenvalue weighted by Crippen LogP contribution is 2.30. The number of amides is 2. The molecule has 2 amide bonds. The molecule has 0 aromatic carbocycles.